The zero-order chi connectivity index (χ0) is 7.68. The molecule has 0 amide bonds. The molecule has 1 unspecified atom stereocenters. The van der Waals surface area contributed by atoms with E-state index in [2.05, 4.69) is 5.10 Å². The molecule has 2 rings (SSSR count). The van der Waals surface area contributed by atoms with Crippen molar-refractivity contribution in [2.24, 2.45) is 0 Å². The second-order valence-corrected chi connectivity index (χ2v) is 2.75. The lowest BCUT2D eigenvalue weighted by Gasteiger charge is -1.96. The van der Waals surface area contributed by atoms with Crippen LogP contribution in [-0.2, 0) is 11.3 Å². The average Bonchev–Trinajstić information content (AvgIpc) is 2.72. The number of hydrogen-bond donors (Lipinski definition) is 1. The Morgan fingerprint density at radius 3 is 3.18 bits per heavy atom. The molecule has 1 atom stereocenters. The van der Waals surface area contributed by atoms with Gasteiger partial charge in [-0.15, -0.1) is 0 Å². The zero-order valence-corrected chi connectivity index (χ0v) is 6.23. The first-order chi connectivity index (χ1) is 5.34. The molecular formula is C7H11N3O. The number of aryl methyl sites for hydroxylation is 1. The Labute approximate surface area is 64.9 Å². The Kier molecular flexibility index (Phi) is 1.54. The van der Waals surface area contributed by atoms with Crippen LogP contribution >= 0.6 is 0 Å². The fourth-order valence-corrected chi connectivity index (χ4v) is 1.01. The van der Waals surface area contributed by atoms with Crippen LogP contribution in [0.3, 0.4) is 0 Å². The van der Waals surface area contributed by atoms with Crippen molar-refractivity contribution in [1.82, 2.24) is 9.78 Å². The molecule has 1 aromatic heterocycles. The Morgan fingerprint density at radius 1 is 1.82 bits per heavy atom. The predicted molar refractivity (Wildman–Crippen MR) is 41.0 cm³/mol. The van der Waals surface area contributed by atoms with Crippen LogP contribution in [-0.4, -0.2) is 22.5 Å². The van der Waals surface area contributed by atoms with Gasteiger partial charge in [0, 0.05) is 12.7 Å². The van der Waals surface area contributed by atoms with E-state index in [-0.39, 0.29) is 0 Å². The molecule has 1 aromatic rings. The van der Waals surface area contributed by atoms with Crippen molar-refractivity contribution in [2.75, 3.05) is 12.3 Å². The first kappa shape index (κ1) is 6.67. The SMILES string of the molecule is Nc1ccn(CCC2CO2)n1. The van der Waals surface area contributed by atoms with E-state index in [0.29, 0.717) is 11.9 Å². The highest BCUT2D eigenvalue weighted by Gasteiger charge is 2.21. The van der Waals surface area contributed by atoms with Gasteiger partial charge in [-0.05, 0) is 12.5 Å². The van der Waals surface area contributed by atoms with Gasteiger partial charge in [-0.25, -0.2) is 0 Å². The van der Waals surface area contributed by atoms with E-state index in [1.54, 1.807) is 6.07 Å². The van der Waals surface area contributed by atoms with Crippen LogP contribution in [0.1, 0.15) is 6.42 Å². The van der Waals surface area contributed by atoms with Gasteiger partial charge in [0.25, 0.3) is 0 Å². The highest BCUT2D eigenvalue weighted by atomic mass is 16.6. The molecule has 1 fully saturated rings. The molecule has 0 aliphatic carbocycles. The molecule has 4 heteroatoms. The van der Waals surface area contributed by atoms with Gasteiger partial charge in [0.1, 0.15) is 5.82 Å². The number of nitrogens with zero attached hydrogens (tertiary/aromatic N) is 2. The number of ether oxygens (including phenoxy) is 1. The van der Waals surface area contributed by atoms with Gasteiger partial charge >= 0.3 is 0 Å². The Balaban J connectivity index is 1.85. The summed E-state index contributed by atoms with van der Waals surface area (Å²) in [6.45, 7) is 1.82. The highest BCUT2D eigenvalue weighted by molar-refractivity contribution is 5.23. The number of epoxide rings is 1. The van der Waals surface area contributed by atoms with Gasteiger partial charge < -0.3 is 10.5 Å². The molecule has 11 heavy (non-hydrogen) atoms. The van der Waals surface area contributed by atoms with E-state index in [0.717, 1.165) is 19.6 Å². The fourth-order valence-electron chi connectivity index (χ4n) is 1.01. The van der Waals surface area contributed by atoms with Crippen molar-refractivity contribution in [3.63, 3.8) is 0 Å². The minimum atomic E-state index is 0.473. The summed E-state index contributed by atoms with van der Waals surface area (Å²) in [6.07, 6.45) is 3.40. The molecule has 1 aliphatic rings. The zero-order valence-electron chi connectivity index (χ0n) is 6.23. The van der Waals surface area contributed by atoms with Crippen LogP contribution in [0.15, 0.2) is 12.3 Å². The first-order valence-corrected chi connectivity index (χ1v) is 3.75. The monoisotopic (exact) mass is 153 g/mol. The third-order valence-corrected chi connectivity index (χ3v) is 1.74. The quantitative estimate of drug-likeness (QED) is 0.633. The molecule has 0 bridgehead atoms. The molecule has 60 valence electrons. The van der Waals surface area contributed by atoms with Crippen LogP contribution in [0.5, 0.6) is 0 Å². The largest absolute Gasteiger partial charge is 0.382 e. The van der Waals surface area contributed by atoms with Crippen molar-refractivity contribution >= 4 is 5.82 Å². The summed E-state index contributed by atoms with van der Waals surface area (Å²) in [5.41, 5.74) is 5.44. The lowest BCUT2D eigenvalue weighted by molar-refractivity contribution is 0.380. The van der Waals surface area contributed by atoms with Crippen molar-refractivity contribution in [3.8, 4) is 0 Å². The first-order valence-electron chi connectivity index (χ1n) is 3.75. The third-order valence-electron chi connectivity index (χ3n) is 1.74. The summed E-state index contributed by atoms with van der Waals surface area (Å²) < 4.78 is 6.91. The molecule has 2 N–H and O–H groups in total. The summed E-state index contributed by atoms with van der Waals surface area (Å²) in [5.74, 6) is 0.585. The van der Waals surface area contributed by atoms with E-state index < -0.39 is 0 Å². The number of nitrogens with two attached hydrogens (primary N) is 1. The summed E-state index contributed by atoms with van der Waals surface area (Å²) in [4.78, 5) is 0. The third kappa shape index (κ3) is 1.71. The highest BCUT2D eigenvalue weighted by Crippen LogP contribution is 2.14. The Bertz CT molecular complexity index is 242. The Hall–Kier alpha value is -1.03. The molecule has 0 radical (unpaired) electrons. The molecule has 4 nitrogen and oxygen atoms in total. The summed E-state index contributed by atoms with van der Waals surface area (Å²) in [5, 5.41) is 4.05. The van der Waals surface area contributed by atoms with Gasteiger partial charge in [-0.1, -0.05) is 0 Å². The maximum Gasteiger partial charge on any atom is 0.145 e. The van der Waals surface area contributed by atoms with Gasteiger partial charge in [0.15, 0.2) is 0 Å². The van der Waals surface area contributed by atoms with Crippen LogP contribution < -0.4 is 5.73 Å². The topological polar surface area (TPSA) is 56.4 Å². The number of hydrogen-bond acceptors (Lipinski definition) is 3. The second-order valence-electron chi connectivity index (χ2n) is 2.75. The number of rotatable bonds is 3. The normalized spacial score (nSPS) is 22.0. The Morgan fingerprint density at radius 2 is 2.64 bits per heavy atom. The lowest BCUT2D eigenvalue weighted by Crippen LogP contribution is -2.02. The predicted octanol–water partition coefficient (Wildman–Crippen LogP) is 0.254. The van der Waals surface area contributed by atoms with Crippen molar-refractivity contribution < 1.29 is 4.74 Å². The number of nitrogen functional groups attached to an aromatic ring is 1. The lowest BCUT2D eigenvalue weighted by atomic mass is 10.3. The van der Waals surface area contributed by atoms with Crippen LogP contribution in [0, 0.1) is 0 Å². The van der Waals surface area contributed by atoms with E-state index in [4.69, 9.17) is 10.5 Å². The van der Waals surface area contributed by atoms with Crippen LogP contribution in [0.4, 0.5) is 5.82 Å². The van der Waals surface area contributed by atoms with Crippen LogP contribution in [0.25, 0.3) is 0 Å². The van der Waals surface area contributed by atoms with E-state index in [1.807, 2.05) is 10.9 Å². The van der Waals surface area contributed by atoms with Gasteiger partial charge in [-0.3, -0.25) is 4.68 Å². The molecule has 2 heterocycles. The fraction of sp³-hybridized carbons (Fsp3) is 0.571. The molecule has 0 spiro atoms. The smallest absolute Gasteiger partial charge is 0.145 e. The molecule has 1 aliphatic heterocycles. The molecular weight excluding hydrogens is 142 g/mol. The van der Waals surface area contributed by atoms with Crippen molar-refractivity contribution in [2.45, 2.75) is 19.1 Å². The van der Waals surface area contributed by atoms with Gasteiger partial charge in [0.05, 0.1) is 12.7 Å². The standard InChI is InChI=1S/C7H11N3O/c8-7-2-4-10(9-7)3-1-6-5-11-6/h2,4,6H,1,3,5H2,(H2,8,9). The molecule has 0 saturated carbocycles. The minimum absolute atomic E-state index is 0.473. The van der Waals surface area contributed by atoms with Crippen molar-refractivity contribution in [1.29, 1.82) is 0 Å². The maximum atomic E-state index is 5.44. The van der Waals surface area contributed by atoms with E-state index >= 15 is 0 Å². The maximum absolute atomic E-state index is 5.44. The van der Waals surface area contributed by atoms with Gasteiger partial charge in [-0.2, -0.15) is 5.10 Å². The summed E-state index contributed by atoms with van der Waals surface area (Å²) in [7, 11) is 0. The summed E-state index contributed by atoms with van der Waals surface area (Å²) >= 11 is 0. The van der Waals surface area contributed by atoms with Crippen LogP contribution in [0.2, 0.25) is 0 Å². The summed E-state index contributed by atoms with van der Waals surface area (Å²) in [6, 6.07) is 1.80. The number of anilines is 1. The molecule has 0 aromatic carbocycles. The second kappa shape index (κ2) is 2.54. The minimum Gasteiger partial charge on any atom is -0.382 e. The van der Waals surface area contributed by atoms with E-state index in [1.165, 1.54) is 0 Å². The molecule has 1 saturated heterocycles. The average molecular weight is 153 g/mol. The number of aromatic nitrogens is 2. The van der Waals surface area contributed by atoms with Gasteiger partial charge in [0.2, 0.25) is 0 Å². The van der Waals surface area contributed by atoms with Crippen molar-refractivity contribution in [3.05, 3.63) is 12.3 Å². The van der Waals surface area contributed by atoms with E-state index in [9.17, 15) is 0 Å².